The minimum absolute atomic E-state index is 0.101. The smallest absolute Gasteiger partial charge is 0.238 e. The van der Waals surface area contributed by atoms with Crippen LogP contribution in [0.3, 0.4) is 0 Å². The Morgan fingerprint density at radius 2 is 2.20 bits per heavy atom. The number of benzene rings is 1. The van der Waals surface area contributed by atoms with Crippen LogP contribution in [0.5, 0.6) is 5.75 Å². The third-order valence-electron chi connectivity index (χ3n) is 3.76. The molecule has 1 aliphatic rings. The number of nitrogens with one attached hydrogen (secondary N) is 1. The quantitative estimate of drug-likeness (QED) is 0.921. The SMILES string of the molecule is Cc1cccc2c1OCCCC2NC(C)C(=O)N(C)C. The molecule has 2 unspecified atom stereocenters. The van der Waals surface area contributed by atoms with Gasteiger partial charge in [-0.05, 0) is 32.3 Å². The molecule has 2 rings (SSSR count). The number of hydrogen-bond donors (Lipinski definition) is 1. The van der Waals surface area contributed by atoms with Crippen LogP contribution >= 0.6 is 0 Å². The normalized spacial score (nSPS) is 19.5. The number of carbonyl (C=O) groups excluding carboxylic acids is 1. The lowest BCUT2D eigenvalue weighted by atomic mass is 9.99. The van der Waals surface area contributed by atoms with Gasteiger partial charge in [-0.3, -0.25) is 10.1 Å². The molecule has 1 aromatic rings. The summed E-state index contributed by atoms with van der Waals surface area (Å²) in [4.78, 5) is 13.6. The molecular weight excluding hydrogens is 252 g/mol. The zero-order valence-corrected chi connectivity index (χ0v) is 12.8. The minimum atomic E-state index is -0.193. The second-order valence-corrected chi connectivity index (χ2v) is 5.66. The van der Waals surface area contributed by atoms with Gasteiger partial charge >= 0.3 is 0 Å². The highest BCUT2D eigenvalue weighted by Crippen LogP contribution is 2.34. The zero-order valence-electron chi connectivity index (χ0n) is 12.8. The topological polar surface area (TPSA) is 41.6 Å². The van der Waals surface area contributed by atoms with E-state index >= 15 is 0 Å². The Morgan fingerprint density at radius 3 is 2.90 bits per heavy atom. The summed E-state index contributed by atoms with van der Waals surface area (Å²) in [5.74, 6) is 1.08. The van der Waals surface area contributed by atoms with Crippen LogP contribution in [-0.4, -0.2) is 37.6 Å². The van der Waals surface area contributed by atoms with Crippen molar-refractivity contribution < 1.29 is 9.53 Å². The monoisotopic (exact) mass is 276 g/mol. The number of rotatable bonds is 3. The molecular formula is C16H24N2O2. The van der Waals surface area contributed by atoms with Gasteiger partial charge in [0.2, 0.25) is 5.91 Å². The van der Waals surface area contributed by atoms with Crippen LogP contribution in [0.1, 0.15) is 36.9 Å². The highest BCUT2D eigenvalue weighted by atomic mass is 16.5. The molecule has 4 heteroatoms. The van der Waals surface area contributed by atoms with E-state index in [-0.39, 0.29) is 18.0 Å². The van der Waals surface area contributed by atoms with E-state index in [9.17, 15) is 4.79 Å². The predicted octanol–water partition coefficient (Wildman–Crippen LogP) is 2.28. The largest absolute Gasteiger partial charge is 0.493 e. The van der Waals surface area contributed by atoms with Crippen LogP contribution < -0.4 is 10.1 Å². The van der Waals surface area contributed by atoms with Gasteiger partial charge < -0.3 is 9.64 Å². The summed E-state index contributed by atoms with van der Waals surface area (Å²) in [6.45, 7) is 4.73. The Hall–Kier alpha value is -1.55. The lowest BCUT2D eigenvalue weighted by molar-refractivity contribution is -0.130. The first-order valence-electron chi connectivity index (χ1n) is 7.20. The van der Waals surface area contributed by atoms with E-state index in [2.05, 4.69) is 30.4 Å². The molecule has 1 aliphatic heterocycles. The number of carbonyl (C=O) groups is 1. The van der Waals surface area contributed by atoms with Crippen molar-refractivity contribution in [2.45, 2.75) is 38.8 Å². The number of aryl methyl sites for hydroxylation is 1. The fourth-order valence-electron chi connectivity index (χ4n) is 2.70. The third kappa shape index (κ3) is 3.12. The highest BCUT2D eigenvalue weighted by molar-refractivity contribution is 5.81. The predicted molar refractivity (Wildman–Crippen MR) is 79.9 cm³/mol. The van der Waals surface area contributed by atoms with Crippen LogP contribution in [0, 0.1) is 6.92 Å². The van der Waals surface area contributed by atoms with Crippen LogP contribution in [0.25, 0.3) is 0 Å². The summed E-state index contributed by atoms with van der Waals surface area (Å²) >= 11 is 0. The molecule has 0 bridgehead atoms. The number of likely N-dealkylation sites (N-methyl/N-ethyl adjacent to an activating group) is 1. The van der Waals surface area contributed by atoms with Gasteiger partial charge in [0.25, 0.3) is 0 Å². The molecule has 1 heterocycles. The molecule has 1 amide bonds. The lowest BCUT2D eigenvalue weighted by Crippen LogP contribution is -2.43. The molecule has 4 nitrogen and oxygen atoms in total. The molecule has 0 fully saturated rings. The maximum absolute atomic E-state index is 12.0. The van der Waals surface area contributed by atoms with Crippen molar-refractivity contribution in [3.8, 4) is 5.75 Å². The highest BCUT2D eigenvalue weighted by Gasteiger charge is 2.24. The number of fused-ring (bicyclic) bond motifs is 1. The van der Waals surface area contributed by atoms with Gasteiger partial charge in [0.15, 0.2) is 0 Å². The molecule has 20 heavy (non-hydrogen) atoms. The Morgan fingerprint density at radius 1 is 1.45 bits per heavy atom. The Bertz CT molecular complexity index is 485. The van der Waals surface area contributed by atoms with Gasteiger partial charge in [-0.15, -0.1) is 0 Å². The Kier molecular flexibility index (Phi) is 4.65. The second-order valence-electron chi connectivity index (χ2n) is 5.66. The first kappa shape index (κ1) is 14.9. The maximum Gasteiger partial charge on any atom is 0.238 e. The van der Waals surface area contributed by atoms with Crippen molar-refractivity contribution in [2.24, 2.45) is 0 Å². The number of amides is 1. The molecule has 0 spiro atoms. The molecule has 0 saturated heterocycles. The Labute approximate surface area is 121 Å². The van der Waals surface area contributed by atoms with Crippen LogP contribution in [-0.2, 0) is 4.79 Å². The van der Waals surface area contributed by atoms with Gasteiger partial charge in [0.1, 0.15) is 5.75 Å². The third-order valence-corrected chi connectivity index (χ3v) is 3.76. The van der Waals surface area contributed by atoms with E-state index in [1.165, 1.54) is 5.56 Å². The Balaban J connectivity index is 2.21. The van der Waals surface area contributed by atoms with Crippen molar-refractivity contribution in [3.05, 3.63) is 29.3 Å². The summed E-state index contributed by atoms with van der Waals surface area (Å²) in [6, 6.07) is 6.19. The first-order valence-corrected chi connectivity index (χ1v) is 7.20. The van der Waals surface area contributed by atoms with E-state index in [0.717, 1.165) is 30.8 Å². The van der Waals surface area contributed by atoms with Gasteiger partial charge in [0.05, 0.1) is 12.6 Å². The fourth-order valence-corrected chi connectivity index (χ4v) is 2.70. The number of para-hydroxylation sites is 1. The summed E-state index contributed by atoms with van der Waals surface area (Å²) < 4.78 is 5.86. The van der Waals surface area contributed by atoms with Gasteiger partial charge in [-0.25, -0.2) is 0 Å². The molecule has 1 N–H and O–H groups in total. The van der Waals surface area contributed by atoms with E-state index in [4.69, 9.17) is 4.74 Å². The van der Waals surface area contributed by atoms with Gasteiger partial charge in [-0.2, -0.15) is 0 Å². The molecule has 1 aromatic carbocycles. The van der Waals surface area contributed by atoms with Crippen molar-refractivity contribution in [1.82, 2.24) is 10.2 Å². The average Bonchev–Trinajstić information content (AvgIpc) is 2.61. The molecule has 0 radical (unpaired) electrons. The molecule has 0 aliphatic carbocycles. The fraction of sp³-hybridized carbons (Fsp3) is 0.562. The van der Waals surface area contributed by atoms with Crippen LogP contribution in [0.15, 0.2) is 18.2 Å². The van der Waals surface area contributed by atoms with Gasteiger partial charge in [-0.1, -0.05) is 18.2 Å². The molecule has 110 valence electrons. The standard InChI is InChI=1S/C16H24N2O2/c1-11-7-5-8-13-14(9-6-10-20-15(11)13)17-12(2)16(19)18(3)4/h5,7-8,12,14,17H,6,9-10H2,1-4H3. The van der Waals surface area contributed by atoms with Gasteiger partial charge in [0, 0.05) is 25.7 Å². The summed E-state index contributed by atoms with van der Waals surface area (Å²) in [7, 11) is 3.57. The zero-order chi connectivity index (χ0) is 14.7. The maximum atomic E-state index is 12.0. The average molecular weight is 276 g/mol. The van der Waals surface area contributed by atoms with E-state index < -0.39 is 0 Å². The lowest BCUT2D eigenvalue weighted by Gasteiger charge is -2.25. The van der Waals surface area contributed by atoms with E-state index in [1.54, 1.807) is 19.0 Å². The molecule has 0 aromatic heterocycles. The number of hydrogen-bond acceptors (Lipinski definition) is 3. The molecule has 2 atom stereocenters. The first-order chi connectivity index (χ1) is 9.50. The van der Waals surface area contributed by atoms with Crippen molar-refractivity contribution in [2.75, 3.05) is 20.7 Å². The number of ether oxygens (including phenoxy) is 1. The second kappa shape index (κ2) is 6.27. The van der Waals surface area contributed by atoms with E-state index in [0.29, 0.717) is 0 Å². The molecule has 0 saturated carbocycles. The minimum Gasteiger partial charge on any atom is -0.493 e. The van der Waals surface area contributed by atoms with E-state index in [1.807, 2.05) is 6.92 Å². The van der Waals surface area contributed by atoms with Crippen molar-refractivity contribution >= 4 is 5.91 Å². The van der Waals surface area contributed by atoms with Crippen molar-refractivity contribution in [1.29, 1.82) is 0 Å². The summed E-state index contributed by atoms with van der Waals surface area (Å²) in [6.07, 6.45) is 1.98. The summed E-state index contributed by atoms with van der Waals surface area (Å²) in [5.41, 5.74) is 2.32. The van der Waals surface area contributed by atoms with Crippen molar-refractivity contribution in [3.63, 3.8) is 0 Å². The summed E-state index contributed by atoms with van der Waals surface area (Å²) in [5, 5.41) is 3.45. The number of nitrogens with zero attached hydrogens (tertiary/aromatic N) is 1. The van der Waals surface area contributed by atoms with Crippen LogP contribution in [0.2, 0.25) is 0 Å². The van der Waals surface area contributed by atoms with Crippen LogP contribution in [0.4, 0.5) is 0 Å².